The van der Waals surface area contributed by atoms with Crippen LogP contribution in [0.25, 0.3) is 22.4 Å². The second kappa shape index (κ2) is 7.71. The summed E-state index contributed by atoms with van der Waals surface area (Å²) in [6.45, 7) is 0. The van der Waals surface area contributed by atoms with E-state index in [0.29, 0.717) is 11.4 Å². The first-order valence-electron chi connectivity index (χ1n) is 8.57. The minimum Gasteiger partial charge on any atom is -0.308 e. The van der Waals surface area contributed by atoms with E-state index in [1.54, 1.807) is 18.5 Å². The van der Waals surface area contributed by atoms with Crippen LogP contribution in [-0.4, -0.2) is 21.2 Å². The lowest BCUT2D eigenvalue weighted by Crippen LogP contribution is -2.19. The van der Waals surface area contributed by atoms with Gasteiger partial charge in [0.1, 0.15) is 5.82 Å². The topological polar surface area (TPSA) is 82.7 Å². The van der Waals surface area contributed by atoms with Crippen LogP contribution in [0.2, 0.25) is 0 Å². The second-order valence-electron chi connectivity index (χ2n) is 6.05. The van der Waals surface area contributed by atoms with E-state index in [-0.39, 0.29) is 5.82 Å². The number of anilines is 2. The van der Waals surface area contributed by atoms with Crippen molar-refractivity contribution in [1.29, 1.82) is 0 Å². The summed E-state index contributed by atoms with van der Waals surface area (Å²) in [5, 5.41) is 12.7. The molecular formula is C21H16FN5O. The van der Waals surface area contributed by atoms with E-state index in [1.807, 2.05) is 36.5 Å². The van der Waals surface area contributed by atoms with Crippen LogP contribution >= 0.6 is 0 Å². The Morgan fingerprint density at radius 2 is 1.64 bits per heavy atom. The Morgan fingerprint density at radius 1 is 0.893 bits per heavy atom. The molecule has 0 spiro atoms. The number of urea groups is 1. The molecule has 0 atom stereocenters. The molecule has 138 valence electrons. The van der Waals surface area contributed by atoms with Gasteiger partial charge in [-0.3, -0.25) is 10.1 Å². The molecule has 0 radical (unpaired) electrons. The predicted molar refractivity (Wildman–Crippen MR) is 106 cm³/mol. The number of halogens is 1. The van der Waals surface area contributed by atoms with Crippen molar-refractivity contribution in [3.63, 3.8) is 0 Å². The average Bonchev–Trinajstić information content (AvgIpc) is 3.20. The number of pyridine rings is 1. The summed E-state index contributed by atoms with van der Waals surface area (Å²) in [7, 11) is 0. The molecule has 2 amide bonds. The third-order valence-electron chi connectivity index (χ3n) is 4.13. The Kier molecular flexibility index (Phi) is 4.79. The Bertz CT molecular complexity index is 1090. The summed E-state index contributed by atoms with van der Waals surface area (Å²) in [4.78, 5) is 16.2. The maximum Gasteiger partial charge on any atom is 0.323 e. The highest BCUT2D eigenvalue weighted by Crippen LogP contribution is 2.31. The summed E-state index contributed by atoms with van der Waals surface area (Å²) in [5.41, 5.74) is 4.67. The molecule has 0 aliphatic heterocycles. The average molecular weight is 373 g/mol. The van der Waals surface area contributed by atoms with E-state index < -0.39 is 6.03 Å². The van der Waals surface area contributed by atoms with Crippen LogP contribution in [0.15, 0.2) is 79.3 Å². The highest BCUT2D eigenvalue weighted by molar-refractivity contribution is 6.00. The van der Waals surface area contributed by atoms with E-state index in [9.17, 15) is 9.18 Å². The number of carbonyl (C=O) groups is 1. The number of amides is 2. The monoisotopic (exact) mass is 373 g/mol. The van der Waals surface area contributed by atoms with Gasteiger partial charge in [0.25, 0.3) is 0 Å². The Labute approximate surface area is 160 Å². The Hall–Kier alpha value is -4.00. The SMILES string of the molecule is O=C(Nc1ccc(F)cc1)Nc1cccc(-c2n[nH]cc2-c2ccncc2)c1. The quantitative estimate of drug-likeness (QED) is 0.475. The van der Waals surface area contributed by atoms with E-state index in [1.165, 1.54) is 24.3 Å². The standard InChI is InChI=1S/C21H16FN5O/c22-16-4-6-17(7-5-16)25-21(28)26-18-3-1-2-15(12-18)20-19(13-24-27-20)14-8-10-23-11-9-14/h1-13H,(H,24,27)(H2,25,26,28). The molecule has 0 bridgehead atoms. The normalized spacial score (nSPS) is 10.5. The van der Waals surface area contributed by atoms with Gasteiger partial charge in [-0.15, -0.1) is 0 Å². The van der Waals surface area contributed by atoms with Crippen LogP contribution in [0.3, 0.4) is 0 Å². The van der Waals surface area contributed by atoms with E-state index >= 15 is 0 Å². The van der Waals surface area contributed by atoms with Gasteiger partial charge in [0.15, 0.2) is 0 Å². The fraction of sp³-hybridized carbons (Fsp3) is 0. The van der Waals surface area contributed by atoms with Gasteiger partial charge in [-0.05, 0) is 54.1 Å². The number of aromatic nitrogens is 3. The number of H-pyrrole nitrogens is 1. The molecule has 0 aliphatic carbocycles. The largest absolute Gasteiger partial charge is 0.323 e. The molecular weight excluding hydrogens is 357 g/mol. The summed E-state index contributed by atoms with van der Waals surface area (Å²) in [6, 6.07) is 16.4. The van der Waals surface area contributed by atoms with Crippen molar-refractivity contribution < 1.29 is 9.18 Å². The van der Waals surface area contributed by atoms with Crippen LogP contribution in [0.1, 0.15) is 0 Å². The third kappa shape index (κ3) is 3.88. The van der Waals surface area contributed by atoms with E-state index in [0.717, 1.165) is 22.4 Å². The van der Waals surface area contributed by atoms with Crippen molar-refractivity contribution in [2.45, 2.75) is 0 Å². The summed E-state index contributed by atoms with van der Waals surface area (Å²) in [6.07, 6.45) is 5.28. The zero-order valence-electron chi connectivity index (χ0n) is 14.7. The van der Waals surface area contributed by atoms with Gasteiger partial charge in [0.2, 0.25) is 0 Å². The van der Waals surface area contributed by atoms with Gasteiger partial charge in [0.05, 0.1) is 5.69 Å². The van der Waals surface area contributed by atoms with Crippen molar-refractivity contribution in [1.82, 2.24) is 15.2 Å². The number of nitrogens with zero attached hydrogens (tertiary/aromatic N) is 2. The van der Waals surface area contributed by atoms with Gasteiger partial charge in [-0.1, -0.05) is 12.1 Å². The van der Waals surface area contributed by atoms with Crippen molar-refractivity contribution in [2.75, 3.05) is 10.6 Å². The first kappa shape index (κ1) is 17.4. The first-order chi connectivity index (χ1) is 13.7. The summed E-state index contributed by atoms with van der Waals surface area (Å²) in [5.74, 6) is -0.359. The van der Waals surface area contributed by atoms with Gasteiger partial charge in [-0.25, -0.2) is 9.18 Å². The molecule has 0 saturated carbocycles. The summed E-state index contributed by atoms with van der Waals surface area (Å²) >= 11 is 0. The predicted octanol–water partition coefficient (Wildman–Crippen LogP) is 4.92. The lowest BCUT2D eigenvalue weighted by molar-refractivity contribution is 0.262. The fourth-order valence-electron chi connectivity index (χ4n) is 2.83. The van der Waals surface area contributed by atoms with Crippen LogP contribution in [-0.2, 0) is 0 Å². The number of carbonyl (C=O) groups excluding carboxylic acids is 1. The van der Waals surface area contributed by atoms with Gasteiger partial charge in [0, 0.05) is 41.1 Å². The molecule has 4 aromatic rings. The highest BCUT2D eigenvalue weighted by atomic mass is 19.1. The number of benzene rings is 2. The fourth-order valence-corrected chi connectivity index (χ4v) is 2.83. The molecule has 3 N–H and O–H groups in total. The molecule has 0 saturated heterocycles. The molecule has 0 fully saturated rings. The molecule has 7 heteroatoms. The van der Waals surface area contributed by atoms with E-state index in [4.69, 9.17) is 0 Å². The number of nitrogens with one attached hydrogen (secondary N) is 3. The molecule has 2 aromatic heterocycles. The molecule has 4 rings (SSSR count). The minimum atomic E-state index is -0.417. The van der Waals surface area contributed by atoms with Crippen molar-refractivity contribution in [2.24, 2.45) is 0 Å². The van der Waals surface area contributed by atoms with E-state index in [2.05, 4.69) is 25.8 Å². The molecule has 0 unspecified atom stereocenters. The molecule has 2 aromatic carbocycles. The zero-order chi connectivity index (χ0) is 19.3. The highest BCUT2D eigenvalue weighted by Gasteiger charge is 2.11. The Balaban J connectivity index is 1.53. The van der Waals surface area contributed by atoms with Crippen LogP contribution in [0.4, 0.5) is 20.6 Å². The molecule has 2 heterocycles. The van der Waals surface area contributed by atoms with Gasteiger partial charge < -0.3 is 10.6 Å². The molecule has 28 heavy (non-hydrogen) atoms. The van der Waals surface area contributed by atoms with Crippen LogP contribution in [0, 0.1) is 5.82 Å². The second-order valence-corrected chi connectivity index (χ2v) is 6.05. The number of rotatable bonds is 4. The smallest absolute Gasteiger partial charge is 0.308 e. The minimum absolute atomic E-state index is 0.359. The lowest BCUT2D eigenvalue weighted by Gasteiger charge is -2.09. The van der Waals surface area contributed by atoms with Crippen molar-refractivity contribution in [3.8, 4) is 22.4 Å². The summed E-state index contributed by atoms with van der Waals surface area (Å²) < 4.78 is 13.0. The zero-order valence-corrected chi connectivity index (χ0v) is 14.7. The number of aromatic amines is 1. The third-order valence-corrected chi connectivity index (χ3v) is 4.13. The number of hydrogen-bond donors (Lipinski definition) is 3. The molecule has 0 aliphatic rings. The van der Waals surface area contributed by atoms with Crippen molar-refractivity contribution >= 4 is 17.4 Å². The lowest BCUT2D eigenvalue weighted by atomic mass is 10.0. The van der Waals surface area contributed by atoms with Crippen LogP contribution in [0.5, 0.6) is 0 Å². The molecule has 6 nitrogen and oxygen atoms in total. The maximum absolute atomic E-state index is 13.0. The number of hydrogen-bond acceptors (Lipinski definition) is 3. The van der Waals surface area contributed by atoms with Gasteiger partial charge >= 0.3 is 6.03 Å². The Morgan fingerprint density at radius 3 is 2.43 bits per heavy atom. The van der Waals surface area contributed by atoms with Crippen molar-refractivity contribution in [3.05, 3.63) is 85.1 Å². The van der Waals surface area contributed by atoms with Crippen LogP contribution < -0.4 is 10.6 Å². The first-order valence-corrected chi connectivity index (χ1v) is 8.57. The van der Waals surface area contributed by atoms with Gasteiger partial charge in [-0.2, -0.15) is 5.10 Å². The maximum atomic E-state index is 13.0.